The highest BCUT2D eigenvalue weighted by Crippen LogP contribution is 2.18. The maximum Gasteiger partial charge on any atom is 0.0679 e. The first-order chi connectivity index (χ1) is 10.7. The van der Waals surface area contributed by atoms with Gasteiger partial charge in [0.2, 0.25) is 0 Å². The minimum absolute atomic E-state index is 0.163. The number of aryl methyl sites for hydroxylation is 1. The zero-order valence-corrected chi connectivity index (χ0v) is 13.2. The molecule has 1 aromatic heterocycles. The molecule has 4 nitrogen and oxygen atoms in total. The van der Waals surface area contributed by atoms with Crippen molar-refractivity contribution in [2.24, 2.45) is 7.05 Å². The Morgan fingerprint density at radius 2 is 2.05 bits per heavy atom. The lowest BCUT2D eigenvalue weighted by Gasteiger charge is -2.25. The van der Waals surface area contributed by atoms with E-state index in [1.165, 1.54) is 11.3 Å². The summed E-state index contributed by atoms with van der Waals surface area (Å²) < 4.78 is 2.15. The molecule has 1 fully saturated rings. The van der Waals surface area contributed by atoms with Crippen LogP contribution in [0.4, 0.5) is 0 Å². The van der Waals surface area contributed by atoms with E-state index in [9.17, 15) is 5.11 Å². The third kappa shape index (κ3) is 3.77. The summed E-state index contributed by atoms with van der Waals surface area (Å²) in [5.41, 5.74) is 2.58. The summed E-state index contributed by atoms with van der Waals surface area (Å²) in [7, 11) is 2.07. The second kappa shape index (κ2) is 7.09. The van der Waals surface area contributed by atoms with Crippen LogP contribution in [-0.4, -0.2) is 40.3 Å². The van der Waals surface area contributed by atoms with Crippen molar-refractivity contribution in [3.63, 3.8) is 0 Å². The monoisotopic (exact) mass is 299 g/mol. The van der Waals surface area contributed by atoms with E-state index in [1.807, 2.05) is 0 Å². The lowest BCUT2D eigenvalue weighted by Crippen LogP contribution is -2.34. The second-order valence-corrected chi connectivity index (χ2v) is 6.16. The molecule has 118 valence electrons. The minimum Gasteiger partial charge on any atom is -0.392 e. The summed E-state index contributed by atoms with van der Waals surface area (Å²) in [6.45, 7) is 3.55. The molecule has 2 aromatic rings. The summed E-state index contributed by atoms with van der Waals surface area (Å²) in [5.74, 6) is 0. The number of hydrogen-bond donors (Lipinski definition) is 2. The first-order valence-corrected chi connectivity index (χ1v) is 8.01. The van der Waals surface area contributed by atoms with E-state index in [1.54, 1.807) is 0 Å². The maximum absolute atomic E-state index is 9.73. The van der Waals surface area contributed by atoms with Crippen LogP contribution in [-0.2, 0) is 13.6 Å². The van der Waals surface area contributed by atoms with Crippen LogP contribution in [0.2, 0.25) is 0 Å². The molecule has 2 atom stereocenters. The van der Waals surface area contributed by atoms with E-state index in [-0.39, 0.29) is 12.1 Å². The highest BCUT2D eigenvalue weighted by atomic mass is 16.3. The van der Waals surface area contributed by atoms with Crippen molar-refractivity contribution in [3.8, 4) is 0 Å². The Bertz CT molecular complexity index is 581. The average Bonchev–Trinajstić information content (AvgIpc) is 3.13. The van der Waals surface area contributed by atoms with Crippen LogP contribution >= 0.6 is 0 Å². The highest BCUT2D eigenvalue weighted by Gasteiger charge is 2.23. The van der Waals surface area contributed by atoms with Crippen LogP contribution in [0.15, 0.2) is 48.7 Å². The average molecular weight is 299 g/mol. The fraction of sp³-hybridized carbons (Fsp3) is 0.444. The Balaban J connectivity index is 1.67. The molecule has 0 bridgehead atoms. The number of nitrogens with zero attached hydrogens (tertiary/aromatic N) is 2. The number of benzene rings is 1. The first kappa shape index (κ1) is 15.3. The van der Waals surface area contributed by atoms with E-state index < -0.39 is 0 Å². The Hall–Kier alpha value is -1.62. The van der Waals surface area contributed by atoms with Crippen LogP contribution in [0.5, 0.6) is 0 Å². The van der Waals surface area contributed by atoms with Gasteiger partial charge in [0, 0.05) is 51.2 Å². The largest absolute Gasteiger partial charge is 0.392 e. The van der Waals surface area contributed by atoms with Gasteiger partial charge in [0.15, 0.2) is 0 Å². The zero-order valence-electron chi connectivity index (χ0n) is 13.2. The predicted molar refractivity (Wildman–Crippen MR) is 88.5 cm³/mol. The normalized spacial score (nSPS) is 20.4. The summed E-state index contributed by atoms with van der Waals surface area (Å²) >= 11 is 0. The smallest absolute Gasteiger partial charge is 0.0679 e. The van der Waals surface area contributed by atoms with Gasteiger partial charge in [0.25, 0.3) is 0 Å². The van der Waals surface area contributed by atoms with Crippen LogP contribution in [0.1, 0.15) is 23.7 Å². The lowest BCUT2D eigenvalue weighted by atomic mass is 10.1. The standard InChI is InChI=1S/C18H25N3O/c1-20-10-5-8-16(20)12-19-18(15-6-3-2-4-7-15)14-21-11-9-17(22)13-21/h2-8,10,17-19,22H,9,11-14H2,1H3/t17-,18?/m0/s1. The fourth-order valence-electron chi connectivity index (χ4n) is 3.12. The van der Waals surface area contributed by atoms with Gasteiger partial charge in [-0.2, -0.15) is 0 Å². The first-order valence-electron chi connectivity index (χ1n) is 8.01. The molecule has 1 aliphatic heterocycles. The molecule has 1 unspecified atom stereocenters. The van der Waals surface area contributed by atoms with E-state index in [4.69, 9.17) is 0 Å². The van der Waals surface area contributed by atoms with E-state index >= 15 is 0 Å². The molecule has 3 rings (SSSR count). The van der Waals surface area contributed by atoms with Gasteiger partial charge in [-0.05, 0) is 24.1 Å². The van der Waals surface area contributed by atoms with Crippen LogP contribution in [0.25, 0.3) is 0 Å². The molecule has 0 radical (unpaired) electrons. The number of β-amino-alcohol motifs (C(OH)–C–C–N with tert-alkyl or cyclic N) is 1. The predicted octanol–water partition coefficient (Wildman–Crippen LogP) is 1.92. The topological polar surface area (TPSA) is 40.4 Å². The number of likely N-dealkylation sites (tertiary alicyclic amines) is 1. The molecule has 1 aromatic carbocycles. The summed E-state index contributed by atoms with van der Waals surface area (Å²) in [5, 5.41) is 13.4. The zero-order chi connectivity index (χ0) is 15.4. The Morgan fingerprint density at radius 3 is 2.68 bits per heavy atom. The van der Waals surface area contributed by atoms with Gasteiger partial charge in [-0.1, -0.05) is 30.3 Å². The SMILES string of the molecule is Cn1cccc1CNC(CN1CC[C@H](O)C1)c1ccccc1. The molecule has 0 aliphatic carbocycles. The number of aliphatic hydroxyl groups is 1. The van der Waals surface area contributed by atoms with Crippen LogP contribution < -0.4 is 5.32 Å². The summed E-state index contributed by atoms with van der Waals surface area (Å²) in [4.78, 5) is 2.35. The number of aromatic nitrogens is 1. The molecule has 0 amide bonds. The van der Waals surface area contributed by atoms with Gasteiger partial charge >= 0.3 is 0 Å². The number of hydrogen-bond acceptors (Lipinski definition) is 3. The van der Waals surface area contributed by atoms with Gasteiger partial charge in [-0.15, -0.1) is 0 Å². The molecule has 1 aliphatic rings. The van der Waals surface area contributed by atoms with Gasteiger partial charge in [-0.25, -0.2) is 0 Å². The summed E-state index contributed by atoms with van der Waals surface area (Å²) in [6, 6.07) is 15.1. The molecular weight excluding hydrogens is 274 g/mol. The van der Waals surface area contributed by atoms with Crippen molar-refractivity contribution in [2.75, 3.05) is 19.6 Å². The van der Waals surface area contributed by atoms with E-state index in [0.29, 0.717) is 0 Å². The molecule has 22 heavy (non-hydrogen) atoms. The van der Waals surface area contributed by atoms with Gasteiger partial charge < -0.3 is 15.0 Å². The van der Waals surface area contributed by atoms with Crippen molar-refractivity contribution >= 4 is 0 Å². The van der Waals surface area contributed by atoms with Crippen LogP contribution in [0.3, 0.4) is 0 Å². The number of rotatable bonds is 6. The van der Waals surface area contributed by atoms with Crippen molar-refractivity contribution < 1.29 is 5.11 Å². The van der Waals surface area contributed by atoms with Crippen molar-refractivity contribution in [1.82, 2.24) is 14.8 Å². The summed E-state index contributed by atoms with van der Waals surface area (Å²) in [6.07, 6.45) is 2.80. The van der Waals surface area contributed by atoms with Gasteiger partial charge in [0.1, 0.15) is 0 Å². The van der Waals surface area contributed by atoms with Gasteiger partial charge in [0.05, 0.1) is 6.10 Å². The fourth-order valence-corrected chi connectivity index (χ4v) is 3.12. The van der Waals surface area contributed by atoms with E-state index in [0.717, 1.165) is 32.6 Å². The maximum atomic E-state index is 9.73. The van der Waals surface area contributed by atoms with Crippen LogP contribution in [0, 0.1) is 0 Å². The number of nitrogens with one attached hydrogen (secondary N) is 1. The van der Waals surface area contributed by atoms with Crippen molar-refractivity contribution in [1.29, 1.82) is 0 Å². The molecule has 2 heterocycles. The molecule has 1 saturated heterocycles. The Morgan fingerprint density at radius 1 is 1.23 bits per heavy atom. The minimum atomic E-state index is -0.163. The molecule has 0 spiro atoms. The Kier molecular flexibility index (Phi) is 4.93. The molecular formula is C18H25N3O. The van der Waals surface area contributed by atoms with Gasteiger partial charge in [-0.3, -0.25) is 4.90 Å². The molecule has 4 heteroatoms. The molecule has 2 N–H and O–H groups in total. The highest BCUT2D eigenvalue weighted by molar-refractivity contribution is 5.20. The van der Waals surface area contributed by atoms with E-state index in [2.05, 4.69) is 70.5 Å². The second-order valence-electron chi connectivity index (χ2n) is 6.16. The molecule has 0 saturated carbocycles. The third-order valence-electron chi connectivity index (χ3n) is 4.47. The van der Waals surface area contributed by atoms with Crippen molar-refractivity contribution in [3.05, 3.63) is 59.9 Å². The third-order valence-corrected chi connectivity index (χ3v) is 4.47. The lowest BCUT2D eigenvalue weighted by molar-refractivity contribution is 0.172. The number of aliphatic hydroxyl groups excluding tert-OH is 1. The quantitative estimate of drug-likeness (QED) is 0.856. The van der Waals surface area contributed by atoms with Crippen molar-refractivity contribution in [2.45, 2.75) is 25.1 Å². The Labute approximate surface area is 132 Å².